The molecule has 2 atom stereocenters. The second-order valence-electron chi connectivity index (χ2n) is 5.64. The molecule has 0 bridgehead atoms. The number of nitrogens with one attached hydrogen (secondary N) is 1. The number of pyridine rings is 2. The average Bonchev–Trinajstić information content (AvgIpc) is 3.32. The lowest BCUT2D eigenvalue weighted by Gasteiger charge is -2.18. The Hall–Kier alpha value is -2.33. The van der Waals surface area contributed by atoms with Gasteiger partial charge < -0.3 is 10.1 Å². The molecule has 1 saturated carbocycles. The summed E-state index contributed by atoms with van der Waals surface area (Å²) >= 11 is 6.10. The van der Waals surface area contributed by atoms with Gasteiger partial charge in [-0.05, 0) is 31.0 Å². The molecule has 2 aromatic heterocycles. The van der Waals surface area contributed by atoms with Gasteiger partial charge >= 0.3 is 0 Å². The zero-order chi connectivity index (χ0) is 16.6. The fraction of sp³-hybridized carbons (Fsp3) is 0.333. The lowest BCUT2D eigenvalue weighted by atomic mass is 9.96. The van der Waals surface area contributed by atoms with Gasteiger partial charge in [0.15, 0.2) is 0 Å². The Balaban J connectivity index is 1.90. The van der Waals surface area contributed by atoms with E-state index < -0.39 is 0 Å². The first-order chi connectivity index (χ1) is 11.0. The van der Waals surface area contributed by atoms with E-state index in [1.165, 1.54) is 0 Å². The minimum absolute atomic E-state index is 0.158. The van der Waals surface area contributed by atoms with E-state index in [1.54, 1.807) is 18.3 Å². The molecule has 1 aliphatic rings. The Labute approximate surface area is 139 Å². The van der Waals surface area contributed by atoms with E-state index in [0.717, 1.165) is 24.0 Å². The Morgan fingerprint density at radius 1 is 1.57 bits per heavy atom. The molecule has 1 unspecified atom stereocenters. The van der Waals surface area contributed by atoms with Gasteiger partial charge in [-0.1, -0.05) is 18.4 Å². The maximum absolute atomic E-state index is 12.0. The number of rotatable bonds is 4. The van der Waals surface area contributed by atoms with E-state index >= 15 is 0 Å². The van der Waals surface area contributed by atoms with Gasteiger partial charge in [-0.3, -0.25) is 4.79 Å². The Morgan fingerprint density at radius 2 is 2.35 bits per heavy atom. The van der Waals surface area contributed by atoms with Gasteiger partial charge in [0.1, 0.15) is 16.8 Å². The molecule has 0 aromatic carbocycles. The van der Waals surface area contributed by atoms with Gasteiger partial charge in [-0.15, -0.1) is 0 Å². The molecule has 1 amide bonds. The van der Waals surface area contributed by atoms with Crippen molar-refractivity contribution >= 4 is 47.3 Å². The minimum atomic E-state index is -0.222. The zero-order valence-corrected chi connectivity index (χ0v) is 13.6. The second-order valence-corrected chi connectivity index (χ2v) is 6.03. The zero-order valence-electron chi connectivity index (χ0n) is 12.9. The predicted octanol–water partition coefficient (Wildman–Crippen LogP) is 2.22. The molecule has 0 aliphatic heterocycles. The summed E-state index contributed by atoms with van der Waals surface area (Å²) in [4.78, 5) is 22.6. The lowest BCUT2D eigenvalue weighted by Crippen LogP contribution is -2.21. The van der Waals surface area contributed by atoms with Crippen molar-refractivity contribution in [3.05, 3.63) is 23.5 Å². The first-order valence-corrected chi connectivity index (χ1v) is 7.79. The van der Waals surface area contributed by atoms with Crippen LogP contribution in [0.4, 0.5) is 11.6 Å². The minimum Gasteiger partial charge on any atom is -0.406 e. The monoisotopic (exact) mass is 327 g/mol. The first-order valence-electron chi connectivity index (χ1n) is 7.41. The fourth-order valence-corrected chi connectivity index (χ4v) is 2.65. The van der Waals surface area contributed by atoms with Gasteiger partial charge in [0.2, 0.25) is 13.3 Å². The summed E-state index contributed by atoms with van der Waals surface area (Å²) in [5.41, 5.74) is 0. The van der Waals surface area contributed by atoms with Gasteiger partial charge in [-0.2, -0.15) is 5.26 Å². The van der Waals surface area contributed by atoms with E-state index in [-0.39, 0.29) is 17.7 Å². The lowest BCUT2D eigenvalue weighted by molar-refractivity contribution is -0.117. The Kier molecular flexibility index (Phi) is 4.10. The van der Waals surface area contributed by atoms with Crippen LogP contribution in [-0.4, -0.2) is 30.3 Å². The average molecular weight is 328 g/mol. The number of hydrogen-bond acceptors (Lipinski definition) is 5. The molecular formula is C15H15BClN5O. The number of anilines is 2. The van der Waals surface area contributed by atoms with Crippen molar-refractivity contribution in [3.8, 4) is 6.07 Å². The number of nitriles is 1. The highest BCUT2D eigenvalue weighted by Crippen LogP contribution is 2.38. The normalized spacial score (nSPS) is 19.0. The van der Waals surface area contributed by atoms with Gasteiger partial charge in [0.25, 0.3) is 0 Å². The summed E-state index contributed by atoms with van der Waals surface area (Å²) in [6, 6.07) is 5.63. The number of halogens is 1. The largest absolute Gasteiger partial charge is 0.406 e. The molecule has 0 radical (unpaired) electrons. The molecule has 1 N–H and O–H groups in total. The number of hydrogen-bond donors (Lipinski definition) is 1. The van der Waals surface area contributed by atoms with Crippen molar-refractivity contribution in [2.24, 2.45) is 11.8 Å². The van der Waals surface area contributed by atoms with Crippen LogP contribution in [0.25, 0.3) is 10.8 Å². The summed E-state index contributed by atoms with van der Waals surface area (Å²) in [6.07, 6.45) is 2.31. The summed E-state index contributed by atoms with van der Waals surface area (Å²) in [6.45, 7) is 2.03. The number of carbonyl (C=O) groups is 1. The van der Waals surface area contributed by atoms with Crippen LogP contribution in [0.2, 0.25) is 12.0 Å². The van der Waals surface area contributed by atoms with Crippen LogP contribution in [-0.2, 0) is 4.79 Å². The molecule has 116 valence electrons. The second kappa shape index (κ2) is 6.05. The van der Waals surface area contributed by atoms with Crippen LogP contribution in [0.1, 0.15) is 6.42 Å². The van der Waals surface area contributed by atoms with E-state index in [9.17, 15) is 4.79 Å². The molecule has 0 saturated heterocycles. The number of carbonyl (C=O) groups excluding carboxylic acids is 1. The van der Waals surface area contributed by atoms with Gasteiger partial charge in [0, 0.05) is 11.6 Å². The van der Waals surface area contributed by atoms with Crippen LogP contribution < -0.4 is 10.1 Å². The molecule has 0 spiro atoms. The summed E-state index contributed by atoms with van der Waals surface area (Å²) in [5.74, 6) is 0.666. The van der Waals surface area contributed by atoms with Crippen molar-refractivity contribution in [1.82, 2.24) is 9.97 Å². The highest BCUT2D eigenvalue weighted by atomic mass is 35.5. The third-order valence-electron chi connectivity index (χ3n) is 4.04. The van der Waals surface area contributed by atoms with Crippen molar-refractivity contribution in [2.45, 2.75) is 13.2 Å². The number of fused-ring (bicyclic) bond motifs is 1. The molecule has 6 nitrogen and oxygen atoms in total. The van der Waals surface area contributed by atoms with Crippen LogP contribution in [0.15, 0.2) is 18.3 Å². The Bertz CT molecular complexity index is 821. The summed E-state index contributed by atoms with van der Waals surface area (Å²) < 4.78 is 0. The maximum atomic E-state index is 12.0. The van der Waals surface area contributed by atoms with Crippen LogP contribution in [0, 0.1) is 23.2 Å². The summed E-state index contributed by atoms with van der Waals surface area (Å²) in [7, 11) is 2.72. The van der Waals surface area contributed by atoms with Gasteiger partial charge in [0.05, 0.1) is 17.9 Å². The quantitative estimate of drug-likeness (QED) is 0.688. The SMILES string of the molecule is CBN(C)c1nc(Cl)cc2cc(NC(=O)[C@@H]3CC3C#N)ncc12. The maximum Gasteiger partial charge on any atom is 0.234 e. The first kappa shape index (κ1) is 15.6. The summed E-state index contributed by atoms with van der Waals surface area (Å²) in [5, 5.41) is 13.7. The van der Waals surface area contributed by atoms with Crippen LogP contribution in [0.3, 0.4) is 0 Å². The molecule has 1 aliphatic carbocycles. The molecule has 23 heavy (non-hydrogen) atoms. The van der Waals surface area contributed by atoms with E-state index in [4.69, 9.17) is 16.9 Å². The van der Waals surface area contributed by atoms with E-state index in [2.05, 4.69) is 21.4 Å². The fourth-order valence-electron chi connectivity index (χ4n) is 2.45. The van der Waals surface area contributed by atoms with E-state index in [0.29, 0.717) is 17.4 Å². The molecule has 8 heteroatoms. The standard InChI is InChI=1S/C15H15BClN5O/c1-16-22(2)14-11-7-19-13(5-8(11)4-12(17)20-14)21-15(23)10-3-9(10)6-18/h4-5,7,9-10,16H,3H2,1-2H3,(H,19,21,23)/t9?,10-/m1/s1. The number of nitrogens with zero attached hydrogens (tertiary/aromatic N) is 4. The van der Waals surface area contributed by atoms with Crippen LogP contribution in [0.5, 0.6) is 0 Å². The molecule has 2 aromatic rings. The van der Waals surface area contributed by atoms with E-state index in [1.807, 2.05) is 18.7 Å². The molecular weight excluding hydrogens is 312 g/mol. The van der Waals surface area contributed by atoms with Crippen molar-refractivity contribution in [1.29, 1.82) is 5.26 Å². The van der Waals surface area contributed by atoms with Crippen molar-refractivity contribution in [3.63, 3.8) is 0 Å². The molecule has 3 rings (SSSR count). The highest BCUT2D eigenvalue weighted by Gasteiger charge is 2.43. The third-order valence-corrected chi connectivity index (χ3v) is 4.24. The van der Waals surface area contributed by atoms with Crippen LogP contribution >= 0.6 is 11.6 Å². The third kappa shape index (κ3) is 3.08. The number of aromatic nitrogens is 2. The smallest absolute Gasteiger partial charge is 0.234 e. The predicted molar refractivity (Wildman–Crippen MR) is 91.8 cm³/mol. The molecule has 1 fully saturated rings. The topological polar surface area (TPSA) is 81.9 Å². The Morgan fingerprint density at radius 3 is 3.00 bits per heavy atom. The molecule has 2 heterocycles. The van der Waals surface area contributed by atoms with Gasteiger partial charge in [-0.25, -0.2) is 9.97 Å². The van der Waals surface area contributed by atoms with Crippen molar-refractivity contribution < 1.29 is 4.79 Å². The number of amides is 1. The highest BCUT2D eigenvalue weighted by molar-refractivity contribution is 6.40. The van der Waals surface area contributed by atoms with Crippen molar-refractivity contribution in [2.75, 3.05) is 17.2 Å².